The topological polar surface area (TPSA) is 83.8 Å². The van der Waals surface area contributed by atoms with Gasteiger partial charge < -0.3 is 14.9 Å². The third-order valence-corrected chi connectivity index (χ3v) is 3.20. The van der Waals surface area contributed by atoms with Gasteiger partial charge in [0.2, 0.25) is 0 Å². The van der Waals surface area contributed by atoms with E-state index in [9.17, 15) is 9.59 Å². The Labute approximate surface area is 121 Å². The molecule has 1 unspecified atom stereocenters. The third-order valence-electron chi connectivity index (χ3n) is 3.20. The zero-order chi connectivity index (χ0) is 15.2. The Morgan fingerprint density at radius 2 is 1.40 bits per heavy atom. The van der Waals surface area contributed by atoms with Crippen molar-refractivity contribution in [1.29, 1.82) is 0 Å². The second kappa shape index (κ2) is 12.9. The smallest absolute Gasteiger partial charge is 0.333 e. The minimum Gasteiger partial charge on any atom is -0.481 e. The lowest BCUT2D eigenvalue weighted by Gasteiger charge is -2.11. The van der Waals surface area contributed by atoms with E-state index in [0.717, 1.165) is 19.3 Å². The minimum atomic E-state index is -1.22. The van der Waals surface area contributed by atoms with Gasteiger partial charge in [-0.1, -0.05) is 58.3 Å². The van der Waals surface area contributed by atoms with E-state index in [1.165, 1.54) is 38.5 Å². The van der Waals surface area contributed by atoms with Gasteiger partial charge in [-0.05, 0) is 6.42 Å². The molecule has 0 saturated carbocycles. The second-order valence-corrected chi connectivity index (χ2v) is 5.12. The van der Waals surface area contributed by atoms with E-state index in [4.69, 9.17) is 14.9 Å². The van der Waals surface area contributed by atoms with E-state index in [1.807, 2.05) is 0 Å². The van der Waals surface area contributed by atoms with Gasteiger partial charge in [0.05, 0.1) is 6.42 Å². The summed E-state index contributed by atoms with van der Waals surface area (Å²) in [5.74, 6) is -2.35. The van der Waals surface area contributed by atoms with Gasteiger partial charge in [-0.3, -0.25) is 4.79 Å². The van der Waals surface area contributed by atoms with Gasteiger partial charge in [0.25, 0.3) is 0 Å². The molecular formula is C15H28O5. The van der Waals surface area contributed by atoms with Crippen LogP contribution in [0.2, 0.25) is 0 Å². The van der Waals surface area contributed by atoms with Crippen molar-refractivity contribution in [2.24, 2.45) is 0 Å². The van der Waals surface area contributed by atoms with Gasteiger partial charge >= 0.3 is 11.9 Å². The lowest BCUT2D eigenvalue weighted by molar-refractivity contribution is -0.156. The van der Waals surface area contributed by atoms with Crippen molar-refractivity contribution >= 4 is 11.9 Å². The highest BCUT2D eigenvalue weighted by Gasteiger charge is 2.21. The van der Waals surface area contributed by atoms with E-state index < -0.39 is 24.5 Å². The number of hydrogen-bond donors (Lipinski definition) is 2. The molecule has 1 atom stereocenters. The number of ether oxygens (including phenoxy) is 1. The molecular weight excluding hydrogens is 260 g/mol. The highest BCUT2D eigenvalue weighted by atomic mass is 16.5. The Morgan fingerprint density at radius 1 is 0.900 bits per heavy atom. The first-order valence-corrected chi connectivity index (χ1v) is 7.64. The Kier molecular flexibility index (Phi) is 12.2. The number of carbonyl (C=O) groups is 2. The van der Waals surface area contributed by atoms with Crippen molar-refractivity contribution < 1.29 is 24.5 Å². The molecule has 0 saturated heterocycles. The van der Waals surface area contributed by atoms with Crippen LogP contribution in [0.3, 0.4) is 0 Å². The fraction of sp³-hybridized carbons (Fsp3) is 0.867. The lowest BCUT2D eigenvalue weighted by Crippen LogP contribution is -2.27. The number of unbranched alkanes of at least 4 members (excludes halogenated alkanes) is 8. The summed E-state index contributed by atoms with van der Waals surface area (Å²) in [5.41, 5.74) is 0. The van der Waals surface area contributed by atoms with Crippen molar-refractivity contribution in [3.8, 4) is 0 Å². The molecule has 0 aliphatic heterocycles. The zero-order valence-electron chi connectivity index (χ0n) is 12.5. The Bertz CT molecular complexity index is 265. The normalized spacial score (nSPS) is 12.2. The van der Waals surface area contributed by atoms with Crippen molar-refractivity contribution in [3.63, 3.8) is 0 Å². The monoisotopic (exact) mass is 288 g/mol. The molecule has 0 aliphatic carbocycles. The number of hydrogen-bond acceptors (Lipinski definition) is 3. The van der Waals surface area contributed by atoms with Crippen LogP contribution in [0.4, 0.5) is 0 Å². The summed E-state index contributed by atoms with van der Waals surface area (Å²) in [6.07, 6.45) is 8.89. The van der Waals surface area contributed by atoms with Crippen LogP contribution in [-0.2, 0) is 14.3 Å². The quantitative estimate of drug-likeness (QED) is 0.478. The molecule has 20 heavy (non-hydrogen) atoms. The highest BCUT2D eigenvalue weighted by molar-refractivity contribution is 5.79. The summed E-state index contributed by atoms with van der Waals surface area (Å²) in [7, 11) is 0. The number of aliphatic carboxylic acids is 2. The first-order chi connectivity index (χ1) is 9.57. The second-order valence-electron chi connectivity index (χ2n) is 5.12. The average Bonchev–Trinajstić information content (AvgIpc) is 2.39. The third kappa shape index (κ3) is 12.0. The molecule has 0 amide bonds. The first kappa shape index (κ1) is 18.9. The van der Waals surface area contributed by atoms with Crippen molar-refractivity contribution in [3.05, 3.63) is 0 Å². The standard InChI is InChI=1S/C15H28O5/c1-2-3-4-5-6-7-8-9-10-11-20-13(15(18)19)12-14(16)17/h13H,2-12H2,1H3,(H,16,17)(H,18,19). The maximum absolute atomic E-state index is 10.7. The van der Waals surface area contributed by atoms with E-state index in [2.05, 4.69) is 6.92 Å². The largest absolute Gasteiger partial charge is 0.481 e. The fourth-order valence-corrected chi connectivity index (χ4v) is 2.01. The number of carboxylic acid groups (broad SMARTS) is 2. The van der Waals surface area contributed by atoms with Crippen LogP contribution in [-0.4, -0.2) is 34.9 Å². The molecule has 5 heteroatoms. The molecule has 2 N–H and O–H groups in total. The van der Waals surface area contributed by atoms with Crippen molar-refractivity contribution in [2.45, 2.75) is 77.2 Å². The summed E-state index contributed by atoms with van der Waals surface area (Å²) in [4.78, 5) is 21.2. The molecule has 0 heterocycles. The van der Waals surface area contributed by atoms with Gasteiger partial charge in [-0.15, -0.1) is 0 Å². The molecule has 118 valence electrons. The Hall–Kier alpha value is -1.10. The Morgan fingerprint density at radius 3 is 1.85 bits per heavy atom. The molecule has 0 bridgehead atoms. The molecule has 0 radical (unpaired) electrons. The maximum atomic E-state index is 10.7. The van der Waals surface area contributed by atoms with Crippen molar-refractivity contribution in [1.82, 2.24) is 0 Å². The molecule has 0 spiro atoms. The summed E-state index contributed by atoms with van der Waals surface area (Å²) >= 11 is 0. The van der Waals surface area contributed by atoms with Gasteiger partial charge in [-0.2, -0.15) is 0 Å². The molecule has 0 rings (SSSR count). The first-order valence-electron chi connectivity index (χ1n) is 7.64. The molecule has 0 fully saturated rings. The van der Waals surface area contributed by atoms with Gasteiger partial charge in [0.15, 0.2) is 6.10 Å². The Balaban J connectivity index is 3.41. The van der Waals surface area contributed by atoms with Crippen LogP contribution in [0.1, 0.15) is 71.1 Å². The van der Waals surface area contributed by atoms with Crippen LogP contribution < -0.4 is 0 Å². The fourth-order valence-electron chi connectivity index (χ4n) is 2.01. The highest BCUT2D eigenvalue weighted by Crippen LogP contribution is 2.10. The van der Waals surface area contributed by atoms with Crippen LogP contribution in [0, 0.1) is 0 Å². The molecule has 0 aliphatic rings. The van der Waals surface area contributed by atoms with Gasteiger partial charge in [0.1, 0.15) is 0 Å². The predicted octanol–water partition coefficient (Wildman–Crippen LogP) is 3.46. The van der Waals surface area contributed by atoms with E-state index >= 15 is 0 Å². The number of rotatable bonds is 14. The average molecular weight is 288 g/mol. The summed E-state index contributed by atoms with van der Waals surface area (Å²) in [6, 6.07) is 0. The van der Waals surface area contributed by atoms with E-state index in [1.54, 1.807) is 0 Å². The zero-order valence-corrected chi connectivity index (χ0v) is 12.5. The van der Waals surface area contributed by atoms with E-state index in [-0.39, 0.29) is 0 Å². The summed E-state index contributed by atoms with van der Waals surface area (Å²) in [6.45, 7) is 2.52. The molecule has 0 aromatic rings. The van der Waals surface area contributed by atoms with Crippen LogP contribution in [0.15, 0.2) is 0 Å². The number of carboxylic acids is 2. The maximum Gasteiger partial charge on any atom is 0.333 e. The van der Waals surface area contributed by atoms with Crippen LogP contribution in [0.25, 0.3) is 0 Å². The van der Waals surface area contributed by atoms with Crippen LogP contribution in [0.5, 0.6) is 0 Å². The molecule has 5 nitrogen and oxygen atoms in total. The SMILES string of the molecule is CCCCCCCCCCCOC(CC(=O)O)C(=O)O. The van der Waals surface area contributed by atoms with Gasteiger partial charge in [0, 0.05) is 6.61 Å². The minimum absolute atomic E-state index is 0.320. The van der Waals surface area contributed by atoms with Gasteiger partial charge in [-0.25, -0.2) is 4.79 Å². The summed E-state index contributed by atoms with van der Waals surface area (Å²) in [5, 5.41) is 17.3. The summed E-state index contributed by atoms with van der Waals surface area (Å²) < 4.78 is 5.09. The van der Waals surface area contributed by atoms with Crippen LogP contribution >= 0.6 is 0 Å². The molecule has 0 aromatic carbocycles. The molecule has 0 aromatic heterocycles. The van der Waals surface area contributed by atoms with Crippen molar-refractivity contribution in [2.75, 3.05) is 6.61 Å². The lowest BCUT2D eigenvalue weighted by atomic mass is 10.1. The predicted molar refractivity (Wildman–Crippen MR) is 76.9 cm³/mol. The van der Waals surface area contributed by atoms with E-state index in [0.29, 0.717) is 6.61 Å².